The van der Waals surface area contributed by atoms with Crippen LogP contribution in [0.2, 0.25) is 0 Å². The molecule has 0 atom stereocenters. The summed E-state index contributed by atoms with van der Waals surface area (Å²) in [6.45, 7) is 6.31. The minimum atomic E-state index is -1.01. The van der Waals surface area contributed by atoms with E-state index < -0.39 is 11.2 Å². The molecule has 0 aliphatic carbocycles. The predicted octanol–water partition coefficient (Wildman–Crippen LogP) is 0.648. The summed E-state index contributed by atoms with van der Waals surface area (Å²) >= 11 is 0. The van der Waals surface area contributed by atoms with Crippen molar-refractivity contribution >= 4 is 25.2 Å². The van der Waals surface area contributed by atoms with Crippen LogP contribution in [0, 0.1) is 0 Å². The summed E-state index contributed by atoms with van der Waals surface area (Å²) in [5.74, 6) is 0.579. The van der Waals surface area contributed by atoms with Crippen molar-refractivity contribution in [3.05, 3.63) is 17.7 Å². The molecule has 1 aromatic rings. The molecule has 0 aromatic heterocycles. The zero-order chi connectivity index (χ0) is 16.8. The Hall–Kier alpha value is -1.53. The number of methoxy groups -OCH3 is 1. The third kappa shape index (κ3) is 6.18. The molecule has 0 spiro atoms. The highest BCUT2D eigenvalue weighted by atomic mass is 16.5. The second kappa shape index (κ2) is 7.47. The second-order valence-corrected chi connectivity index (χ2v) is 5.73. The van der Waals surface area contributed by atoms with Crippen molar-refractivity contribution in [2.24, 2.45) is 4.99 Å². The third-order valence-electron chi connectivity index (χ3n) is 3.18. The quantitative estimate of drug-likeness (QED) is 0.433. The Kier molecular flexibility index (Phi) is 6.93. The zero-order valence-electron chi connectivity index (χ0n) is 13.6. The minimum absolute atomic E-state index is 0.558. The largest absolute Gasteiger partial charge is 0.495 e. The monoisotopic (exact) mass is 292 g/mol. The SMILES string of the molecule is CC(C)(O)C(C)(C)O.[B]c1cc(C=NC)c(N)c(OC)c1. The molecule has 0 saturated carbocycles. The molecule has 6 heteroatoms. The van der Waals surface area contributed by atoms with Gasteiger partial charge in [-0.3, -0.25) is 4.99 Å². The highest BCUT2D eigenvalue weighted by Crippen LogP contribution is 2.22. The smallest absolute Gasteiger partial charge is 0.141 e. The molecule has 0 heterocycles. The second-order valence-electron chi connectivity index (χ2n) is 5.73. The molecule has 0 saturated heterocycles. The van der Waals surface area contributed by atoms with E-state index >= 15 is 0 Å². The Labute approximate surface area is 128 Å². The number of nitrogens with zero attached hydrogens (tertiary/aromatic N) is 1. The topological polar surface area (TPSA) is 88.1 Å². The molecular weight excluding hydrogens is 267 g/mol. The van der Waals surface area contributed by atoms with E-state index in [0.717, 1.165) is 5.56 Å². The molecule has 0 bridgehead atoms. The summed E-state index contributed by atoms with van der Waals surface area (Å²) < 4.78 is 5.05. The highest BCUT2D eigenvalue weighted by molar-refractivity contribution is 6.33. The van der Waals surface area contributed by atoms with E-state index in [9.17, 15) is 0 Å². The number of ether oxygens (including phenoxy) is 1. The van der Waals surface area contributed by atoms with E-state index in [-0.39, 0.29) is 0 Å². The van der Waals surface area contributed by atoms with Crippen LogP contribution in [0.25, 0.3) is 0 Å². The van der Waals surface area contributed by atoms with Crippen molar-refractivity contribution in [1.82, 2.24) is 0 Å². The number of aliphatic hydroxyl groups is 2. The first-order chi connectivity index (χ1) is 9.44. The molecule has 0 aliphatic rings. The summed E-state index contributed by atoms with van der Waals surface area (Å²) in [5.41, 5.74) is 5.71. The Balaban J connectivity index is 0.000000433. The number of anilines is 1. The molecular formula is C15H25BN2O3. The molecule has 0 amide bonds. The number of benzene rings is 1. The van der Waals surface area contributed by atoms with Crippen LogP contribution >= 0.6 is 0 Å². The summed E-state index contributed by atoms with van der Waals surface area (Å²) in [6, 6.07) is 3.44. The molecule has 116 valence electrons. The Morgan fingerprint density at radius 1 is 1.19 bits per heavy atom. The molecule has 0 fully saturated rings. The van der Waals surface area contributed by atoms with E-state index in [1.165, 1.54) is 0 Å². The summed E-state index contributed by atoms with van der Waals surface area (Å²) in [7, 11) is 8.87. The maximum atomic E-state index is 9.10. The van der Waals surface area contributed by atoms with Crippen molar-refractivity contribution < 1.29 is 14.9 Å². The van der Waals surface area contributed by atoms with E-state index in [1.54, 1.807) is 60.2 Å². The fraction of sp³-hybridized carbons (Fsp3) is 0.533. The van der Waals surface area contributed by atoms with E-state index in [4.69, 9.17) is 28.5 Å². The van der Waals surface area contributed by atoms with Gasteiger partial charge in [-0.15, -0.1) is 0 Å². The lowest BCUT2D eigenvalue weighted by Crippen LogP contribution is -2.44. The zero-order valence-corrected chi connectivity index (χ0v) is 13.6. The van der Waals surface area contributed by atoms with Crippen LogP contribution in [0.15, 0.2) is 17.1 Å². The van der Waals surface area contributed by atoms with Crippen molar-refractivity contribution in [2.75, 3.05) is 19.9 Å². The summed E-state index contributed by atoms with van der Waals surface area (Å²) in [5, 5.41) is 18.2. The van der Waals surface area contributed by atoms with Gasteiger partial charge in [-0.05, 0) is 33.8 Å². The van der Waals surface area contributed by atoms with Crippen molar-refractivity contribution in [2.45, 2.75) is 38.9 Å². The average molecular weight is 292 g/mol. The predicted molar refractivity (Wildman–Crippen MR) is 88.9 cm³/mol. The number of hydrogen-bond acceptors (Lipinski definition) is 5. The first-order valence-corrected chi connectivity index (χ1v) is 6.54. The van der Waals surface area contributed by atoms with Gasteiger partial charge in [0.1, 0.15) is 13.6 Å². The van der Waals surface area contributed by atoms with E-state index in [2.05, 4.69) is 4.99 Å². The van der Waals surface area contributed by atoms with Crippen LogP contribution in [0.3, 0.4) is 0 Å². The Morgan fingerprint density at radius 2 is 1.67 bits per heavy atom. The molecule has 0 aliphatic heterocycles. The lowest BCUT2D eigenvalue weighted by atomic mass is 9.90. The molecule has 5 nitrogen and oxygen atoms in total. The highest BCUT2D eigenvalue weighted by Gasteiger charge is 2.31. The standard InChI is InChI=1S/C9H11BN2O.C6H14O2/c1-12-5-6-3-7(10)4-8(13-2)9(6)11;1-5(2,7)6(3,4)8/h3-5H,11H2,1-2H3;7-8H,1-4H3. The molecule has 21 heavy (non-hydrogen) atoms. The Morgan fingerprint density at radius 3 is 2.00 bits per heavy atom. The van der Waals surface area contributed by atoms with Crippen molar-refractivity contribution in [3.8, 4) is 5.75 Å². The van der Waals surface area contributed by atoms with Crippen LogP contribution in [0.4, 0.5) is 5.69 Å². The normalized spacial score (nSPS) is 12.0. The van der Waals surface area contributed by atoms with Gasteiger partial charge in [0.2, 0.25) is 0 Å². The van der Waals surface area contributed by atoms with Crippen molar-refractivity contribution in [3.63, 3.8) is 0 Å². The van der Waals surface area contributed by atoms with Gasteiger partial charge < -0.3 is 20.7 Å². The molecule has 4 N–H and O–H groups in total. The third-order valence-corrected chi connectivity index (χ3v) is 3.18. The number of rotatable bonds is 3. The molecule has 1 aromatic carbocycles. The van der Waals surface area contributed by atoms with Crippen LogP contribution in [0.1, 0.15) is 33.3 Å². The van der Waals surface area contributed by atoms with Gasteiger partial charge in [-0.25, -0.2) is 0 Å². The van der Waals surface area contributed by atoms with Crippen LogP contribution < -0.4 is 15.9 Å². The van der Waals surface area contributed by atoms with Crippen LogP contribution in [-0.2, 0) is 0 Å². The van der Waals surface area contributed by atoms with Crippen LogP contribution in [0.5, 0.6) is 5.75 Å². The number of nitrogens with two attached hydrogens (primary N) is 1. The fourth-order valence-corrected chi connectivity index (χ4v) is 1.09. The summed E-state index contributed by atoms with van der Waals surface area (Å²) in [4.78, 5) is 3.87. The van der Waals surface area contributed by atoms with Gasteiger partial charge in [0.05, 0.1) is 24.0 Å². The van der Waals surface area contributed by atoms with Crippen LogP contribution in [-0.4, -0.2) is 49.6 Å². The van der Waals surface area contributed by atoms with E-state index in [0.29, 0.717) is 16.9 Å². The lowest BCUT2D eigenvalue weighted by molar-refractivity contribution is -0.107. The van der Waals surface area contributed by atoms with Gasteiger partial charge in [-0.1, -0.05) is 11.5 Å². The minimum Gasteiger partial charge on any atom is -0.495 e. The van der Waals surface area contributed by atoms with Gasteiger partial charge in [-0.2, -0.15) is 0 Å². The average Bonchev–Trinajstić information content (AvgIpc) is 2.32. The van der Waals surface area contributed by atoms with Gasteiger partial charge in [0.15, 0.2) is 0 Å². The molecule has 0 unspecified atom stereocenters. The van der Waals surface area contributed by atoms with E-state index in [1.807, 2.05) is 0 Å². The summed E-state index contributed by atoms with van der Waals surface area (Å²) in [6.07, 6.45) is 1.65. The van der Waals surface area contributed by atoms with Gasteiger partial charge in [0.25, 0.3) is 0 Å². The fourth-order valence-electron chi connectivity index (χ4n) is 1.09. The number of aliphatic imine (C=N–C) groups is 1. The lowest BCUT2D eigenvalue weighted by Gasteiger charge is -2.31. The van der Waals surface area contributed by atoms with Gasteiger partial charge in [0, 0.05) is 18.8 Å². The number of hydrogen-bond donors (Lipinski definition) is 3. The maximum Gasteiger partial charge on any atom is 0.141 e. The first-order valence-electron chi connectivity index (χ1n) is 6.54. The van der Waals surface area contributed by atoms with Crippen molar-refractivity contribution in [1.29, 1.82) is 0 Å². The Bertz CT molecular complexity index is 477. The maximum absolute atomic E-state index is 9.10. The van der Waals surface area contributed by atoms with Gasteiger partial charge >= 0.3 is 0 Å². The number of nitrogen functional groups attached to an aromatic ring is 1. The molecule has 1 rings (SSSR count). The molecule has 2 radical (unpaired) electrons. The first kappa shape index (κ1) is 19.5.